The molecule has 0 spiro atoms. The molecular weight excluding hydrogens is 282 g/mol. The third-order valence-corrected chi connectivity index (χ3v) is 3.86. The van der Waals surface area contributed by atoms with E-state index >= 15 is 0 Å². The first-order valence-corrected chi connectivity index (χ1v) is 7.46. The van der Waals surface area contributed by atoms with Crippen LogP contribution in [0.2, 0.25) is 0 Å². The van der Waals surface area contributed by atoms with Crippen LogP contribution in [-0.4, -0.2) is 30.8 Å². The van der Waals surface area contributed by atoms with Crippen LogP contribution in [0, 0.1) is 12.8 Å². The molecule has 0 saturated carbocycles. The van der Waals surface area contributed by atoms with E-state index in [1.54, 1.807) is 32.2 Å². The Balaban J connectivity index is 2.36. The molecule has 2 N–H and O–H groups in total. The SMILES string of the molecule is COc1ccc2oc(C)c(C(=O)NC(CCO)C(C)C)c2c1. The summed E-state index contributed by atoms with van der Waals surface area (Å²) in [6, 6.07) is 5.32. The summed E-state index contributed by atoms with van der Waals surface area (Å²) in [6.07, 6.45) is 0.529. The van der Waals surface area contributed by atoms with E-state index in [4.69, 9.17) is 14.3 Å². The standard InChI is InChI=1S/C17H23NO4/c1-10(2)14(7-8-19)18-17(20)16-11(3)22-15-6-5-12(21-4)9-13(15)16/h5-6,9-10,14,19H,7-8H2,1-4H3,(H,18,20). The molecule has 1 aromatic heterocycles. The molecular formula is C17H23NO4. The van der Waals surface area contributed by atoms with Crippen molar-refractivity contribution in [1.29, 1.82) is 0 Å². The predicted octanol–water partition coefficient (Wildman–Crippen LogP) is 2.89. The van der Waals surface area contributed by atoms with Gasteiger partial charge in [-0.25, -0.2) is 0 Å². The zero-order chi connectivity index (χ0) is 16.3. The summed E-state index contributed by atoms with van der Waals surface area (Å²) in [6.45, 7) is 5.85. The number of aryl methyl sites for hydroxylation is 1. The number of aliphatic hydroxyl groups is 1. The van der Waals surface area contributed by atoms with Gasteiger partial charge in [-0.3, -0.25) is 4.79 Å². The maximum atomic E-state index is 12.6. The lowest BCUT2D eigenvalue weighted by Gasteiger charge is -2.21. The number of ether oxygens (including phenoxy) is 1. The van der Waals surface area contributed by atoms with Gasteiger partial charge in [-0.1, -0.05) is 13.8 Å². The highest BCUT2D eigenvalue weighted by Crippen LogP contribution is 2.29. The van der Waals surface area contributed by atoms with Gasteiger partial charge in [-0.2, -0.15) is 0 Å². The van der Waals surface area contributed by atoms with Gasteiger partial charge < -0.3 is 19.6 Å². The number of aliphatic hydroxyl groups excluding tert-OH is 1. The van der Waals surface area contributed by atoms with Gasteiger partial charge in [0.25, 0.3) is 5.91 Å². The van der Waals surface area contributed by atoms with Gasteiger partial charge in [0.15, 0.2) is 0 Å². The molecule has 1 heterocycles. The highest BCUT2D eigenvalue weighted by Gasteiger charge is 2.22. The van der Waals surface area contributed by atoms with E-state index in [1.807, 2.05) is 13.8 Å². The summed E-state index contributed by atoms with van der Waals surface area (Å²) in [5.74, 6) is 1.31. The Labute approximate surface area is 130 Å². The number of benzene rings is 1. The van der Waals surface area contributed by atoms with Crippen molar-refractivity contribution in [3.8, 4) is 5.75 Å². The second-order valence-corrected chi connectivity index (χ2v) is 5.73. The highest BCUT2D eigenvalue weighted by molar-refractivity contribution is 6.07. The van der Waals surface area contributed by atoms with Crippen LogP contribution in [0.15, 0.2) is 22.6 Å². The summed E-state index contributed by atoms with van der Waals surface area (Å²) in [4.78, 5) is 12.6. The third kappa shape index (κ3) is 3.25. The lowest BCUT2D eigenvalue weighted by molar-refractivity contribution is 0.0916. The van der Waals surface area contributed by atoms with Gasteiger partial charge in [0, 0.05) is 18.0 Å². The molecule has 0 aliphatic carbocycles. The summed E-state index contributed by atoms with van der Waals surface area (Å²) in [7, 11) is 1.59. The zero-order valence-electron chi connectivity index (χ0n) is 13.5. The second-order valence-electron chi connectivity index (χ2n) is 5.73. The van der Waals surface area contributed by atoms with Gasteiger partial charge in [0.05, 0.1) is 12.7 Å². The topological polar surface area (TPSA) is 71.7 Å². The molecule has 22 heavy (non-hydrogen) atoms. The first-order valence-electron chi connectivity index (χ1n) is 7.46. The molecule has 0 aliphatic rings. The van der Waals surface area contributed by atoms with Crippen molar-refractivity contribution in [1.82, 2.24) is 5.32 Å². The molecule has 1 unspecified atom stereocenters. The number of rotatable bonds is 6. The number of hydrogen-bond acceptors (Lipinski definition) is 4. The van der Waals surface area contributed by atoms with Crippen LogP contribution in [0.1, 0.15) is 36.4 Å². The first kappa shape index (κ1) is 16.4. The largest absolute Gasteiger partial charge is 0.497 e. The minimum atomic E-state index is -0.184. The molecule has 0 radical (unpaired) electrons. The number of furan rings is 1. The summed E-state index contributed by atoms with van der Waals surface area (Å²) >= 11 is 0. The quantitative estimate of drug-likeness (QED) is 0.861. The normalized spacial score (nSPS) is 12.6. The lowest BCUT2D eigenvalue weighted by atomic mass is 10.0. The molecule has 1 amide bonds. The first-order chi connectivity index (χ1) is 10.5. The van der Waals surface area contributed by atoms with Crippen LogP contribution in [-0.2, 0) is 0 Å². The molecule has 0 fully saturated rings. The number of carbonyl (C=O) groups is 1. The van der Waals surface area contributed by atoms with Gasteiger partial charge in [0.1, 0.15) is 17.1 Å². The smallest absolute Gasteiger partial charge is 0.255 e. The Morgan fingerprint density at radius 1 is 1.41 bits per heavy atom. The molecule has 5 heteroatoms. The van der Waals surface area contributed by atoms with Gasteiger partial charge in [-0.05, 0) is 37.5 Å². The Morgan fingerprint density at radius 2 is 2.14 bits per heavy atom. The Morgan fingerprint density at radius 3 is 2.73 bits per heavy atom. The number of methoxy groups -OCH3 is 1. The number of fused-ring (bicyclic) bond motifs is 1. The number of nitrogens with one attached hydrogen (secondary N) is 1. The summed E-state index contributed by atoms with van der Waals surface area (Å²) in [5, 5.41) is 12.9. The van der Waals surface area contributed by atoms with Crippen LogP contribution >= 0.6 is 0 Å². The fourth-order valence-electron chi connectivity index (χ4n) is 2.56. The molecule has 5 nitrogen and oxygen atoms in total. The van der Waals surface area contributed by atoms with E-state index in [0.717, 1.165) is 5.39 Å². The van der Waals surface area contributed by atoms with Crippen molar-refractivity contribution in [3.05, 3.63) is 29.5 Å². The number of carbonyl (C=O) groups excluding carboxylic acids is 1. The van der Waals surface area contributed by atoms with Gasteiger partial charge >= 0.3 is 0 Å². The summed E-state index contributed by atoms with van der Waals surface area (Å²) in [5.41, 5.74) is 1.18. The molecule has 120 valence electrons. The Kier molecular flexibility index (Phi) is 5.08. The van der Waals surface area contributed by atoms with Crippen LogP contribution in [0.4, 0.5) is 0 Å². The molecule has 2 rings (SSSR count). The van der Waals surface area contributed by atoms with Crippen molar-refractivity contribution in [3.63, 3.8) is 0 Å². The van der Waals surface area contributed by atoms with Crippen molar-refractivity contribution in [2.24, 2.45) is 5.92 Å². The van der Waals surface area contributed by atoms with Crippen LogP contribution in [0.25, 0.3) is 11.0 Å². The average molecular weight is 305 g/mol. The van der Waals surface area contributed by atoms with E-state index in [9.17, 15) is 4.79 Å². The predicted molar refractivity (Wildman–Crippen MR) is 85.3 cm³/mol. The number of hydrogen-bond donors (Lipinski definition) is 2. The van der Waals surface area contributed by atoms with Crippen molar-refractivity contribution in [2.75, 3.05) is 13.7 Å². The monoisotopic (exact) mass is 305 g/mol. The van der Waals surface area contributed by atoms with Gasteiger partial charge in [-0.15, -0.1) is 0 Å². The molecule has 0 saturated heterocycles. The van der Waals surface area contributed by atoms with E-state index in [1.165, 1.54) is 0 Å². The molecule has 0 aliphatic heterocycles. The zero-order valence-corrected chi connectivity index (χ0v) is 13.5. The molecule has 1 aromatic carbocycles. The molecule has 2 aromatic rings. The maximum Gasteiger partial charge on any atom is 0.255 e. The fourth-order valence-corrected chi connectivity index (χ4v) is 2.56. The highest BCUT2D eigenvalue weighted by atomic mass is 16.5. The minimum absolute atomic E-state index is 0.0437. The fraction of sp³-hybridized carbons (Fsp3) is 0.471. The molecule has 1 atom stereocenters. The van der Waals surface area contributed by atoms with Crippen LogP contribution in [0.5, 0.6) is 5.75 Å². The lowest BCUT2D eigenvalue weighted by Crippen LogP contribution is -2.39. The van der Waals surface area contributed by atoms with Crippen LogP contribution < -0.4 is 10.1 Å². The molecule has 0 bridgehead atoms. The minimum Gasteiger partial charge on any atom is -0.497 e. The second kappa shape index (κ2) is 6.83. The van der Waals surface area contributed by atoms with Gasteiger partial charge in [0.2, 0.25) is 0 Å². The van der Waals surface area contributed by atoms with E-state index in [2.05, 4.69) is 5.32 Å². The van der Waals surface area contributed by atoms with Crippen molar-refractivity contribution in [2.45, 2.75) is 33.2 Å². The van der Waals surface area contributed by atoms with Crippen LogP contribution in [0.3, 0.4) is 0 Å². The van der Waals surface area contributed by atoms with E-state index in [-0.39, 0.29) is 24.5 Å². The maximum absolute atomic E-state index is 12.6. The van der Waals surface area contributed by atoms with E-state index < -0.39 is 0 Å². The van der Waals surface area contributed by atoms with Crippen molar-refractivity contribution < 1.29 is 19.1 Å². The van der Waals surface area contributed by atoms with E-state index in [0.29, 0.717) is 29.1 Å². The third-order valence-electron chi connectivity index (χ3n) is 3.86. The average Bonchev–Trinajstić information content (AvgIpc) is 2.81. The van der Waals surface area contributed by atoms with Crippen molar-refractivity contribution >= 4 is 16.9 Å². The Bertz CT molecular complexity index is 660. The summed E-state index contributed by atoms with van der Waals surface area (Å²) < 4.78 is 10.9. The number of amides is 1. The Hall–Kier alpha value is -2.01.